The van der Waals surface area contributed by atoms with Crippen LogP contribution in [-0.2, 0) is 0 Å². The van der Waals surface area contributed by atoms with E-state index in [0.717, 1.165) is 45.1 Å². The molecule has 5 aromatic rings. The number of hydrogen-bond donors (Lipinski definition) is 4. The summed E-state index contributed by atoms with van der Waals surface area (Å²) in [5, 5.41) is 22.9. The van der Waals surface area contributed by atoms with Gasteiger partial charge in [-0.25, -0.2) is 0 Å². The van der Waals surface area contributed by atoms with Gasteiger partial charge in [-0.2, -0.15) is 0 Å². The molecule has 0 saturated carbocycles. The lowest BCUT2D eigenvalue weighted by molar-refractivity contribution is 0.597. The summed E-state index contributed by atoms with van der Waals surface area (Å²) in [7, 11) is 0. The molecule has 7 heteroatoms. The van der Waals surface area contributed by atoms with Crippen LogP contribution in [0.3, 0.4) is 0 Å². The highest BCUT2D eigenvalue weighted by Gasteiger charge is 2.09. The van der Waals surface area contributed by atoms with Gasteiger partial charge in [0.25, 0.3) is 0 Å². The van der Waals surface area contributed by atoms with E-state index in [1.54, 1.807) is 0 Å². The van der Waals surface area contributed by atoms with Gasteiger partial charge in [0.05, 0.1) is 0 Å². The molecule has 0 unspecified atom stereocenters. The van der Waals surface area contributed by atoms with E-state index in [0.29, 0.717) is 11.7 Å². The molecule has 0 aliphatic rings. The number of amidine groups is 2. The number of nitrogens with one attached hydrogen (secondary N) is 4. The smallest absolute Gasteiger partial charge is 0.134 e. The lowest BCUT2D eigenvalue weighted by atomic mass is 10.1. The molecule has 1 aromatic heterocycles. The van der Waals surface area contributed by atoms with Crippen molar-refractivity contribution in [2.24, 2.45) is 0 Å². The van der Waals surface area contributed by atoms with Gasteiger partial charge < -0.3 is 15.1 Å². The summed E-state index contributed by atoms with van der Waals surface area (Å²) in [4.78, 5) is 0. The van der Waals surface area contributed by atoms with E-state index < -0.39 is 0 Å². The third-order valence-corrected chi connectivity index (χ3v) is 6.16. The second-order valence-corrected chi connectivity index (χ2v) is 9.05. The van der Waals surface area contributed by atoms with Crippen LogP contribution in [0, 0.1) is 24.7 Å². The Morgan fingerprint density at radius 3 is 1.15 bits per heavy atom. The summed E-state index contributed by atoms with van der Waals surface area (Å²) in [5.41, 5.74) is 7.65. The predicted octanol–water partition coefficient (Wildman–Crippen LogP) is 8.95. The molecule has 0 bridgehead atoms. The summed E-state index contributed by atoms with van der Waals surface area (Å²) < 4.78 is 6.13. The van der Waals surface area contributed by atoms with Crippen molar-refractivity contribution in [3.05, 3.63) is 131 Å². The Morgan fingerprint density at radius 1 is 0.487 bits per heavy atom. The first-order valence-electron chi connectivity index (χ1n) is 12.1. The average Bonchev–Trinajstić information content (AvgIpc) is 3.41. The summed E-state index contributed by atoms with van der Waals surface area (Å²) in [6.07, 6.45) is 0. The fourth-order valence-corrected chi connectivity index (χ4v) is 3.96. The molecule has 0 amide bonds. The summed E-state index contributed by atoms with van der Waals surface area (Å²) >= 11 is 0. The molecule has 5 rings (SSSR count). The van der Waals surface area contributed by atoms with Crippen molar-refractivity contribution in [3.8, 4) is 22.6 Å². The van der Waals surface area contributed by atoms with Gasteiger partial charge in [-0.1, -0.05) is 59.7 Å². The molecule has 5 nitrogen and oxygen atoms in total. The fourth-order valence-electron chi connectivity index (χ4n) is 3.96. The molecule has 4 aromatic carbocycles. The molecule has 0 atom stereocenters. The molecule has 0 radical (unpaired) electrons. The number of furan rings is 1. The molecular weight excluding hydrogens is 527 g/mol. The molecule has 0 spiro atoms. The number of hydrogen-bond acceptors (Lipinski definition) is 3. The predicted molar refractivity (Wildman–Crippen MR) is 167 cm³/mol. The minimum Gasteiger partial charge on any atom is -0.456 e. The van der Waals surface area contributed by atoms with Gasteiger partial charge in [0.2, 0.25) is 0 Å². The van der Waals surface area contributed by atoms with Crippen molar-refractivity contribution in [2.75, 3.05) is 10.6 Å². The Bertz CT molecular complexity index is 1420. The number of benzene rings is 4. The summed E-state index contributed by atoms with van der Waals surface area (Å²) in [5.74, 6) is 2.27. The molecule has 0 aliphatic carbocycles. The highest BCUT2D eigenvalue weighted by molar-refractivity contribution is 6.06. The highest BCUT2D eigenvalue weighted by Crippen LogP contribution is 2.30. The van der Waals surface area contributed by atoms with Crippen LogP contribution in [0.25, 0.3) is 22.6 Å². The fraction of sp³-hybridized carbons (Fsp3) is 0.0625. The standard InChI is InChI=1S/C32H28N4O.2ClH/c1-21-3-7-25(8-4-21)31(33)35-27-15-11-23(12-16-27)29-19-20-30(37-29)24-13-17-28(18-14-24)36-32(34)26-9-5-22(2)6-10-26;;/h3-20H,1-2H3,(H2,33,35)(H2,34,36);2*1H. The van der Waals surface area contributed by atoms with Gasteiger partial charge in [-0.3, -0.25) is 10.8 Å². The lowest BCUT2D eigenvalue weighted by Crippen LogP contribution is -2.11. The number of halogens is 2. The van der Waals surface area contributed by atoms with Gasteiger partial charge >= 0.3 is 0 Å². The van der Waals surface area contributed by atoms with E-state index in [1.165, 1.54) is 11.1 Å². The van der Waals surface area contributed by atoms with E-state index in [4.69, 9.17) is 15.2 Å². The van der Waals surface area contributed by atoms with Crippen molar-refractivity contribution in [1.82, 2.24) is 0 Å². The summed E-state index contributed by atoms with van der Waals surface area (Å²) in [6, 6.07) is 35.4. The Morgan fingerprint density at radius 2 is 0.821 bits per heavy atom. The molecule has 0 aliphatic heterocycles. The number of anilines is 2. The highest BCUT2D eigenvalue weighted by atomic mass is 35.5. The Kier molecular flexibility index (Phi) is 9.72. The number of aryl methyl sites for hydroxylation is 2. The van der Waals surface area contributed by atoms with E-state index in [9.17, 15) is 0 Å². The normalized spacial score (nSPS) is 10.1. The average molecular weight is 558 g/mol. The van der Waals surface area contributed by atoms with Crippen LogP contribution in [0.5, 0.6) is 0 Å². The van der Waals surface area contributed by atoms with Gasteiger partial charge in [-0.05, 0) is 74.5 Å². The van der Waals surface area contributed by atoms with Crippen LogP contribution in [0.2, 0.25) is 0 Å². The Balaban J connectivity index is 0.00000210. The van der Waals surface area contributed by atoms with Gasteiger partial charge in [0.15, 0.2) is 0 Å². The minimum atomic E-state index is 0. The first-order chi connectivity index (χ1) is 17.9. The van der Waals surface area contributed by atoms with E-state index in [2.05, 4.69) is 10.6 Å². The minimum absolute atomic E-state index is 0. The van der Waals surface area contributed by atoms with Crippen molar-refractivity contribution < 1.29 is 4.42 Å². The van der Waals surface area contributed by atoms with Crippen molar-refractivity contribution in [2.45, 2.75) is 13.8 Å². The largest absolute Gasteiger partial charge is 0.456 e. The molecule has 4 N–H and O–H groups in total. The Hall–Kier alpha value is -4.32. The second-order valence-electron chi connectivity index (χ2n) is 9.05. The van der Waals surface area contributed by atoms with Crippen LogP contribution in [0.4, 0.5) is 11.4 Å². The lowest BCUT2D eigenvalue weighted by Gasteiger charge is -2.09. The molecule has 0 saturated heterocycles. The van der Waals surface area contributed by atoms with Crippen LogP contribution < -0.4 is 10.6 Å². The van der Waals surface area contributed by atoms with E-state index in [-0.39, 0.29) is 24.8 Å². The molecule has 1 heterocycles. The third kappa shape index (κ3) is 7.17. The molecule has 39 heavy (non-hydrogen) atoms. The van der Waals surface area contributed by atoms with Crippen LogP contribution in [-0.4, -0.2) is 11.7 Å². The zero-order valence-electron chi connectivity index (χ0n) is 21.6. The van der Waals surface area contributed by atoms with Crippen LogP contribution >= 0.6 is 24.8 Å². The monoisotopic (exact) mass is 556 g/mol. The SMILES string of the molecule is Cc1ccc(C(=N)Nc2ccc(-c3ccc(-c4ccc(NC(=N)c5ccc(C)cc5)cc4)o3)cc2)cc1.Cl.Cl. The Labute approximate surface area is 241 Å². The first-order valence-corrected chi connectivity index (χ1v) is 12.1. The molecule has 0 fully saturated rings. The van der Waals surface area contributed by atoms with Crippen molar-refractivity contribution >= 4 is 47.9 Å². The van der Waals surface area contributed by atoms with Crippen molar-refractivity contribution in [1.29, 1.82) is 10.8 Å². The maximum absolute atomic E-state index is 8.31. The summed E-state index contributed by atoms with van der Waals surface area (Å²) in [6.45, 7) is 4.07. The second kappa shape index (κ2) is 13.0. The number of rotatable bonds is 6. The molecular formula is C32H30Cl2N4O. The van der Waals surface area contributed by atoms with Gasteiger partial charge in [-0.15, -0.1) is 24.8 Å². The maximum Gasteiger partial charge on any atom is 0.134 e. The quantitative estimate of drug-likeness (QED) is 0.124. The van der Waals surface area contributed by atoms with Crippen LogP contribution in [0.1, 0.15) is 22.3 Å². The van der Waals surface area contributed by atoms with Gasteiger partial charge in [0.1, 0.15) is 23.2 Å². The topological polar surface area (TPSA) is 84.9 Å². The zero-order chi connectivity index (χ0) is 25.8. The third-order valence-electron chi connectivity index (χ3n) is 6.16. The van der Waals surface area contributed by atoms with Crippen LogP contribution in [0.15, 0.2) is 114 Å². The van der Waals surface area contributed by atoms with E-state index >= 15 is 0 Å². The van der Waals surface area contributed by atoms with Gasteiger partial charge in [0, 0.05) is 33.6 Å². The first kappa shape index (κ1) is 29.2. The van der Waals surface area contributed by atoms with E-state index in [1.807, 2.05) is 123 Å². The van der Waals surface area contributed by atoms with Crippen molar-refractivity contribution in [3.63, 3.8) is 0 Å². The zero-order valence-corrected chi connectivity index (χ0v) is 23.3. The molecule has 198 valence electrons. The maximum atomic E-state index is 8.31.